The van der Waals surface area contributed by atoms with Crippen molar-refractivity contribution < 1.29 is 9.59 Å². The standard InChI is InChI=1S/C22H27N3O2/c1-18(13-14-20(24-17-27)19-10-6-5-7-11-19)21-16-23-22(25-21)12-8-3-2-4-9-15-26/h5-7,10-11,13-17H,2-4,8-9,12H2,1H3,(H,23,25)(H,24,27)/b18-13+,20-14-. The van der Waals surface area contributed by atoms with Crippen LogP contribution >= 0.6 is 0 Å². The van der Waals surface area contributed by atoms with Gasteiger partial charge in [-0.25, -0.2) is 4.98 Å². The number of benzene rings is 1. The van der Waals surface area contributed by atoms with Gasteiger partial charge in [-0.05, 0) is 37.0 Å². The summed E-state index contributed by atoms with van der Waals surface area (Å²) in [5.74, 6) is 0.978. The maximum Gasteiger partial charge on any atom is 0.211 e. The Labute approximate surface area is 160 Å². The zero-order chi connectivity index (χ0) is 19.3. The molecular formula is C22H27N3O2. The SMILES string of the molecule is C/C(=C\C=C(/NC=O)c1ccccc1)c1cnc(CCCCCCC=O)[nH]1. The third kappa shape index (κ3) is 7.05. The second kappa shape index (κ2) is 11.6. The van der Waals surface area contributed by atoms with Gasteiger partial charge in [-0.15, -0.1) is 0 Å². The molecule has 0 aliphatic carbocycles. The van der Waals surface area contributed by atoms with Gasteiger partial charge >= 0.3 is 0 Å². The predicted octanol–water partition coefficient (Wildman–Crippen LogP) is 4.29. The van der Waals surface area contributed by atoms with E-state index in [1.807, 2.05) is 55.6 Å². The van der Waals surface area contributed by atoms with Crippen molar-refractivity contribution in [1.82, 2.24) is 15.3 Å². The summed E-state index contributed by atoms with van der Waals surface area (Å²) >= 11 is 0. The first kappa shape index (κ1) is 20.4. The minimum absolute atomic E-state index is 0.659. The van der Waals surface area contributed by atoms with Crippen LogP contribution in [0.1, 0.15) is 56.1 Å². The molecule has 2 rings (SSSR count). The fraction of sp³-hybridized carbons (Fsp3) is 0.318. The molecule has 0 fully saturated rings. The van der Waals surface area contributed by atoms with E-state index < -0.39 is 0 Å². The summed E-state index contributed by atoms with van der Waals surface area (Å²) < 4.78 is 0. The van der Waals surface area contributed by atoms with Crippen LogP contribution in [0.15, 0.2) is 48.7 Å². The van der Waals surface area contributed by atoms with Gasteiger partial charge in [0.25, 0.3) is 0 Å². The van der Waals surface area contributed by atoms with Gasteiger partial charge in [-0.1, -0.05) is 49.2 Å². The smallest absolute Gasteiger partial charge is 0.211 e. The highest BCUT2D eigenvalue weighted by molar-refractivity contribution is 5.76. The Bertz CT molecular complexity index is 776. The van der Waals surface area contributed by atoms with E-state index >= 15 is 0 Å². The van der Waals surface area contributed by atoms with Crippen molar-refractivity contribution in [3.63, 3.8) is 0 Å². The number of carbonyl (C=O) groups is 2. The van der Waals surface area contributed by atoms with Gasteiger partial charge in [0.2, 0.25) is 6.41 Å². The van der Waals surface area contributed by atoms with Gasteiger partial charge in [0.1, 0.15) is 12.1 Å². The fourth-order valence-corrected chi connectivity index (χ4v) is 2.77. The van der Waals surface area contributed by atoms with Crippen LogP contribution in [0.2, 0.25) is 0 Å². The Kier molecular flexibility index (Phi) is 8.77. The highest BCUT2D eigenvalue weighted by atomic mass is 16.1. The number of hydrogen-bond donors (Lipinski definition) is 2. The molecular weight excluding hydrogens is 338 g/mol. The molecule has 0 bridgehead atoms. The average Bonchev–Trinajstić information content (AvgIpc) is 3.17. The molecule has 2 aromatic rings. The van der Waals surface area contributed by atoms with Crippen LogP contribution in [0.3, 0.4) is 0 Å². The lowest BCUT2D eigenvalue weighted by Crippen LogP contribution is -2.08. The highest BCUT2D eigenvalue weighted by Gasteiger charge is 2.03. The monoisotopic (exact) mass is 365 g/mol. The molecule has 2 N–H and O–H groups in total. The molecule has 0 atom stereocenters. The van der Waals surface area contributed by atoms with E-state index in [0.717, 1.165) is 66.7 Å². The number of allylic oxidation sites excluding steroid dienone is 3. The second-order valence-corrected chi connectivity index (χ2v) is 6.42. The predicted molar refractivity (Wildman–Crippen MR) is 109 cm³/mol. The number of nitrogens with zero attached hydrogens (tertiary/aromatic N) is 1. The summed E-state index contributed by atoms with van der Waals surface area (Å²) in [6.45, 7) is 2.01. The Hall–Kier alpha value is -2.95. The number of aldehydes is 1. The molecule has 1 aromatic heterocycles. The Morgan fingerprint density at radius 2 is 1.85 bits per heavy atom. The van der Waals surface area contributed by atoms with E-state index in [1.165, 1.54) is 0 Å². The number of imidazole rings is 1. The van der Waals surface area contributed by atoms with Gasteiger partial charge in [-0.2, -0.15) is 0 Å². The van der Waals surface area contributed by atoms with Crippen molar-refractivity contribution in [2.45, 2.75) is 45.4 Å². The normalized spacial score (nSPS) is 12.0. The third-order valence-corrected chi connectivity index (χ3v) is 4.34. The molecule has 142 valence electrons. The maximum absolute atomic E-state index is 10.9. The number of aromatic amines is 1. The van der Waals surface area contributed by atoms with Crippen LogP contribution in [0.5, 0.6) is 0 Å². The van der Waals surface area contributed by atoms with Crippen LogP contribution in [-0.4, -0.2) is 22.7 Å². The first-order chi connectivity index (χ1) is 13.2. The van der Waals surface area contributed by atoms with Gasteiger partial charge in [-0.3, -0.25) is 4.79 Å². The number of carbonyl (C=O) groups excluding carboxylic acids is 2. The number of amides is 1. The molecule has 0 spiro atoms. The van der Waals surface area contributed by atoms with E-state index in [-0.39, 0.29) is 0 Å². The largest absolute Gasteiger partial charge is 0.342 e. The average molecular weight is 365 g/mol. The van der Waals surface area contributed by atoms with Crippen LogP contribution in [-0.2, 0) is 16.0 Å². The minimum atomic E-state index is 0.659. The number of aryl methyl sites for hydroxylation is 1. The van der Waals surface area contributed by atoms with Crippen molar-refractivity contribution in [3.05, 3.63) is 65.8 Å². The van der Waals surface area contributed by atoms with Gasteiger partial charge < -0.3 is 15.1 Å². The second-order valence-electron chi connectivity index (χ2n) is 6.42. The topological polar surface area (TPSA) is 74.8 Å². The summed E-state index contributed by atoms with van der Waals surface area (Å²) in [5.41, 5.74) is 3.72. The van der Waals surface area contributed by atoms with E-state index in [2.05, 4.69) is 15.3 Å². The van der Waals surface area contributed by atoms with Crippen molar-refractivity contribution in [1.29, 1.82) is 0 Å². The van der Waals surface area contributed by atoms with Crippen molar-refractivity contribution in [2.75, 3.05) is 0 Å². The number of nitrogens with one attached hydrogen (secondary N) is 2. The molecule has 0 aliphatic heterocycles. The van der Waals surface area contributed by atoms with Crippen LogP contribution in [0, 0.1) is 0 Å². The summed E-state index contributed by atoms with van der Waals surface area (Å²) in [6, 6.07) is 9.72. The Balaban J connectivity index is 1.95. The number of rotatable bonds is 12. The molecule has 1 heterocycles. The lowest BCUT2D eigenvalue weighted by molar-refractivity contribution is -0.109. The van der Waals surface area contributed by atoms with E-state index in [4.69, 9.17) is 0 Å². The lowest BCUT2D eigenvalue weighted by atomic mass is 10.1. The first-order valence-electron chi connectivity index (χ1n) is 9.36. The van der Waals surface area contributed by atoms with Gasteiger partial charge in [0, 0.05) is 18.5 Å². The molecule has 0 aliphatic rings. The van der Waals surface area contributed by atoms with Crippen LogP contribution in [0.25, 0.3) is 11.3 Å². The van der Waals surface area contributed by atoms with Gasteiger partial charge in [0.05, 0.1) is 11.9 Å². The molecule has 0 saturated carbocycles. The quantitative estimate of drug-likeness (QED) is 0.335. The van der Waals surface area contributed by atoms with Crippen molar-refractivity contribution >= 4 is 24.0 Å². The zero-order valence-corrected chi connectivity index (χ0v) is 15.8. The van der Waals surface area contributed by atoms with E-state index in [9.17, 15) is 9.59 Å². The summed E-state index contributed by atoms with van der Waals surface area (Å²) in [5, 5.41) is 2.75. The third-order valence-electron chi connectivity index (χ3n) is 4.34. The van der Waals surface area contributed by atoms with Crippen molar-refractivity contribution in [3.8, 4) is 0 Å². The Morgan fingerprint density at radius 1 is 1.07 bits per heavy atom. The maximum atomic E-state index is 10.9. The molecule has 1 aromatic carbocycles. The number of unbranched alkanes of at least 4 members (excludes halogenated alkanes) is 4. The van der Waals surface area contributed by atoms with Gasteiger partial charge in [0.15, 0.2) is 0 Å². The molecule has 27 heavy (non-hydrogen) atoms. The molecule has 5 nitrogen and oxygen atoms in total. The number of hydrogen-bond acceptors (Lipinski definition) is 3. The van der Waals surface area contributed by atoms with Crippen LogP contribution in [0.4, 0.5) is 0 Å². The summed E-state index contributed by atoms with van der Waals surface area (Å²) in [7, 11) is 0. The molecule has 0 radical (unpaired) electrons. The fourth-order valence-electron chi connectivity index (χ4n) is 2.77. The highest BCUT2D eigenvalue weighted by Crippen LogP contribution is 2.16. The lowest BCUT2D eigenvalue weighted by Gasteiger charge is -2.05. The minimum Gasteiger partial charge on any atom is -0.342 e. The first-order valence-corrected chi connectivity index (χ1v) is 9.36. The Morgan fingerprint density at radius 3 is 2.59 bits per heavy atom. The van der Waals surface area contributed by atoms with Crippen LogP contribution < -0.4 is 5.32 Å². The molecule has 0 unspecified atom stereocenters. The van der Waals surface area contributed by atoms with E-state index in [0.29, 0.717) is 12.8 Å². The summed E-state index contributed by atoms with van der Waals surface area (Å²) in [4.78, 5) is 29.0. The zero-order valence-electron chi connectivity index (χ0n) is 15.8. The van der Waals surface area contributed by atoms with Crippen molar-refractivity contribution in [2.24, 2.45) is 0 Å². The number of H-pyrrole nitrogens is 1. The molecule has 5 heteroatoms. The number of aromatic nitrogens is 2. The molecule has 1 amide bonds. The molecule has 0 saturated heterocycles. The summed E-state index contributed by atoms with van der Waals surface area (Å²) in [6.07, 6.45) is 13.2. The van der Waals surface area contributed by atoms with E-state index in [1.54, 1.807) is 0 Å².